The first kappa shape index (κ1) is 13.7. The van der Waals surface area contributed by atoms with Gasteiger partial charge in [-0.1, -0.05) is 12.1 Å². The van der Waals surface area contributed by atoms with Crippen LogP contribution in [0.4, 0.5) is 0 Å². The van der Waals surface area contributed by atoms with Gasteiger partial charge in [0.15, 0.2) is 0 Å². The Morgan fingerprint density at radius 2 is 2.11 bits per heavy atom. The van der Waals surface area contributed by atoms with E-state index in [2.05, 4.69) is 5.32 Å². The zero-order valence-electron chi connectivity index (χ0n) is 11.4. The van der Waals surface area contributed by atoms with Gasteiger partial charge in [-0.2, -0.15) is 0 Å². The minimum atomic E-state index is -0.557. The van der Waals surface area contributed by atoms with E-state index in [4.69, 9.17) is 4.74 Å². The van der Waals surface area contributed by atoms with Gasteiger partial charge in [0.25, 0.3) is 5.91 Å². The van der Waals surface area contributed by atoms with Crippen LogP contribution in [-0.4, -0.2) is 30.9 Å². The van der Waals surface area contributed by atoms with Gasteiger partial charge in [0.05, 0.1) is 6.10 Å². The number of aryl methyl sites for hydroxylation is 2. The van der Waals surface area contributed by atoms with E-state index in [0.717, 1.165) is 30.6 Å². The molecule has 1 N–H and O–H groups in total. The second kappa shape index (κ2) is 5.97. The molecule has 102 valence electrons. The minimum Gasteiger partial charge on any atom is -0.376 e. The molecule has 0 saturated carbocycles. The van der Waals surface area contributed by atoms with Crippen molar-refractivity contribution in [3.63, 3.8) is 0 Å². The molecule has 2 rings (SSSR count). The van der Waals surface area contributed by atoms with Crippen LogP contribution in [0.15, 0.2) is 18.2 Å². The van der Waals surface area contributed by atoms with Crippen LogP contribution in [0, 0.1) is 13.8 Å². The van der Waals surface area contributed by atoms with E-state index in [0.29, 0.717) is 12.1 Å². The average molecular weight is 261 g/mol. The summed E-state index contributed by atoms with van der Waals surface area (Å²) < 4.78 is 5.40. The normalized spacial score (nSPS) is 18.3. The van der Waals surface area contributed by atoms with Gasteiger partial charge in [-0.3, -0.25) is 9.59 Å². The van der Waals surface area contributed by atoms with E-state index in [9.17, 15) is 9.59 Å². The first-order valence-electron chi connectivity index (χ1n) is 6.59. The van der Waals surface area contributed by atoms with Crippen LogP contribution in [0.3, 0.4) is 0 Å². The monoisotopic (exact) mass is 261 g/mol. The molecule has 1 aliphatic heterocycles. The Morgan fingerprint density at radius 1 is 1.32 bits per heavy atom. The molecule has 4 heteroatoms. The van der Waals surface area contributed by atoms with E-state index >= 15 is 0 Å². The smallest absolute Gasteiger partial charge is 0.292 e. The Morgan fingerprint density at radius 3 is 2.74 bits per heavy atom. The molecule has 19 heavy (non-hydrogen) atoms. The maximum absolute atomic E-state index is 12.0. The fourth-order valence-electron chi connectivity index (χ4n) is 2.11. The lowest BCUT2D eigenvalue weighted by Gasteiger charge is -2.10. The molecule has 0 spiro atoms. The second-order valence-corrected chi connectivity index (χ2v) is 4.97. The zero-order valence-corrected chi connectivity index (χ0v) is 11.4. The molecule has 1 aromatic carbocycles. The number of carbonyl (C=O) groups excluding carboxylic acids is 2. The van der Waals surface area contributed by atoms with Crippen molar-refractivity contribution < 1.29 is 14.3 Å². The maximum atomic E-state index is 12.0. The van der Waals surface area contributed by atoms with Crippen LogP contribution >= 0.6 is 0 Å². The first-order chi connectivity index (χ1) is 9.08. The number of benzene rings is 1. The Balaban J connectivity index is 1.94. The highest BCUT2D eigenvalue weighted by atomic mass is 16.5. The molecule has 1 aromatic rings. The average Bonchev–Trinajstić information content (AvgIpc) is 2.91. The Bertz CT molecular complexity index is 490. The minimum absolute atomic E-state index is 0.0523. The highest BCUT2D eigenvalue weighted by molar-refractivity contribution is 6.42. The molecular weight excluding hydrogens is 242 g/mol. The summed E-state index contributed by atoms with van der Waals surface area (Å²) in [6.07, 6.45) is 2.01. The summed E-state index contributed by atoms with van der Waals surface area (Å²) in [4.78, 5) is 23.7. The predicted molar refractivity (Wildman–Crippen MR) is 72.2 cm³/mol. The van der Waals surface area contributed by atoms with Crippen molar-refractivity contribution in [2.24, 2.45) is 0 Å². The summed E-state index contributed by atoms with van der Waals surface area (Å²) in [5.74, 6) is -1.04. The van der Waals surface area contributed by atoms with E-state index in [1.54, 1.807) is 12.1 Å². The quantitative estimate of drug-likeness (QED) is 0.664. The number of hydrogen-bond acceptors (Lipinski definition) is 3. The van der Waals surface area contributed by atoms with E-state index in [1.165, 1.54) is 0 Å². The molecule has 4 nitrogen and oxygen atoms in total. The van der Waals surface area contributed by atoms with Gasteiger partial charge in [0.1, 0.15) is 0 Å². The van der Waals surface area contributed by atoms with Crippen LogP contribution in [0.5, 0.6) is 0 Å². The summed E-state index contributed by atoms with van der Waals surface area (Å²) in [6.45, 7) is 5.05. The molecule has 0 aromatic heterocycles. The van der Waals surface area contributed by atoms with Gasteiger partial charge in [-0.05, 0) is 43.9 Å². The van der Waals surface area contributed by atoms with Gasteiger partial charge in [-0.25, -0.2) is 0 Å². The van der Waals surface area contributed by atoms with Crippen molar-refractivity contribution in [3.8, 4) is 0 Å². The highest BCUT2D eigenvalue weighted by Gasteiger charge is 2.20. The number of carbonyl (C=O) groups is 2. The standard InChI is InChI=1S/C15H19NO3/c1-10-5-6-12(8-11(10)2)14(17)15(18)16-9-13-4-3-7-19-13/h5-6,8,13H,3-4,7,9H2,1-2H3,(H,16,18). The van der Waals surface area contributed by atoms with Crippen molar-refractivity contribution in [1.29, 1.82) is 0 Å². The number of ketones is 1. The summed E-state index contributed by atoms with van der Waals surface area (Å²) in [5.41, 5.74) is 2.56. The fraction of sp³-hybridized carbons (Fsp3) is 0.467. The fourth-order valence-corrected chi connectivity index (χ4v) is 2.11. The number of ether oxygens (including phenoxy) is 1. The molecule has 1 saturated heterocycles. The molecule has 1 atom stereocenters. The van der Waals surface area contributed by atoms with Crippen LogP contribution in [-0.2, 0) is 9.53 Å². The maximum Gasteiger partial charge on any atom is 0.292 e. The van der Waals surface area contributed by atoms with Crippen LogP contribution in [0.2, 0.25) is 0 Å². The lowest BCUT2D eigenvalue weighted by atomic mass is 10.0. The Kier molecular flexibility index (Phi) is 4.32. The number of amides is 1. The van der Waals surface area contributed by atoms with Gasteiger partial charge < -0.3 is 10.1 Å². The molecule has 0 aliphatic carbocycles. The SMILES string of the molecule is Cc1ccc(C(=O)C(=O)NCC2CCCO2)cc1C. The lowest BCUT2D eigenvalue weighted by molar-refractivity contribution is -0.117. The van der Waals surface area contributed by atoms with E-state index in [1.807, 2.05) is 19.9 Å². The molecule has 1 heterocycles. The molecular formula is C15H19NO3. The number of Topliss-reactive ketones (excluding diaryl/α,β-unsaturated/α-hetero) is 1. The highest BCUT2D eigenvalue weighted by Crippen LogP contribution is 2.12. The zero-order chi connectivity index (χ0) is 13.8. The third kappa shape index (κ3) is 3.41. The molecule has 1 amide bonds. The lowest BCUT2D eigenvalue weighted by Crippen LogP contribution is -2.36. The van der Waals surface area contributed by atoms with Crippen molar-refractivity contribution in [3.05, 3.63) is 34.9 Å². The van der Waals surface area contributed by atoms with E-state index < -0.39 is 11.7 Å². The van der Waals surface area contributed by atoms with Crippen molar-refractivity contribution in [2.75, 3.05) is 13.2 Å². The molecule has 0 bridgehead atoms. The second-order valence-electron chi connectivity index (χ2n) is 4.97. The van der Waals surface area contributed by atoms with Gasteiger partial charge in [0, 0.05) is 18.7 Å². The van der Waals surface area contributed by atoms with Gasteiger partial charge in [-0.15, -0.1) is 0 Å². The Labute approximate surface area is 113 Å². The summed E-state index contributed by atoms with van der Waals surface area (Å²) in [7, 11) is 0. The predicted octanol–water partition coefficient (Wildman–Crippen LogP) is 1.78. The van der Waals surface area contributed by atoms with Gasteiger partial charge >= 0.3 is 0 Å². The molecule has 1 fully saturated rings. The number of nitrogens with one attached hydrogen (secondary N) is 1. The third-order valence-corrected chi connectivity index (χ3v) is 3.49. The van der Waals surface area contributed by atoms with Crippen molar-refractivity contribution in [1.82, 2.24) is 5.32 Å². The summed E-state index contributed by atoms with van der Waals surface area (Å²) in [6, 6.07) is 5.30. The number of hydrogen-bond donors (Lipinski definition) is 1. The van der Waals surface area contributed by atoms with Crippen molar-refractivity contribution in [2.45, 2.75) is 32.8 Å². The molecule has 1 aliphatic rings. The van der Waals surface area contributed by atoms with Crippen molar-refractivity contribution >= 4 is 11.7 Å². The summed E-state index contributed by atoms with van der Waals surface area (Å²) >= 11 is 0. The van der Waals surface area contributed by atoms with Crippen LogP contribution in [0.1, 0.15) is 34.3 Å². The topological polar surface area (TPSA) is 55.4 Å². The number of rotatable bonds is 4. The van der Waals surface area contributed by atoms with Crippen LogP contribution < -0.4 is 5.32 Å². The molecule has 1 unspecified atom stereocenters. The van der Waals surface area contributed by atoms with Crippen LogP contribution in [0.25, 0.3) is 0 Å². The molecule has 0 radical (unpaired) electrons. The summed E-state index contributed by atoms with van der Waals surface area (Å²) in [5, 5.41) is 2.64. The third-order valence-electron chi connectivity index (χ3n) is 3.49. The van der Waals surface area contributed by atoms with Gasteiger partial charge in [0.2, 0.25) is 5.78 Å². The Hall–Kier alpha value is -1.68. The first-order valence-corrected chi connectivity index (χ1v) is 6.59. The van der Waals surface area contributed by atoms with E-state index in [-0.39, 0.29) is 6.10 Å². The largest absolute Gasteiger partial charge is 0.376 e.